The molecular weight excluding hydrogens is 635 g/mol. The third kappa shape index (κ3) is 5.10. The first kappa shape index (κ1) is 28.5. The van der Waals surface area contributed by atoms with Gasteiger partial charge in [-0.05, 0) is 46.3 Å². The third-order valence-electron chi connectivity index (χ3n) is 6.34. The summed E-state index contributed by atoms with van der Waals surface area (Å²) in [4.78, 5) is 0. The lowest BCUT2D eigenvalue weighted by molar-refractivity contribution is -0.210. The van der Waals surface area contributed by atoms with Crippen molar-refractivity contribution in [3.8, 4) is 16.9 Å². The van der Waals surface area contributed by atoms with Gasteiger partial charge in [-0.3, -0.25) is 4.57 Å². The maximum absolute atomic E-state index is 14.1. The van der Waals surface area contributed by atoms with Crippen LogP contribution in [-0.4, -0.2) is 70.0 Å². The normalized spacial score (nSPS) is 23.5. The van der Waals surface area contributed by atoms with Gasteiger partial charge in [0.25, 0.3) is 0 Å². The minimum atomic E-state index is -4.79. The van der Waals surface area contributed by atoms with Crippen LogP contribution >= 0.6 is 27.5 Å². The van der Waals surface area contributed by atoms with Gasteiger partial charge in [0.05, 0.1) is 28.5 Å². The fourth-order valence-corrected chi connectivity index (χ4v) is 4.85. The second-order valence-electron chi connectivity index (χ2n) is 8.81. The molecule has 2 aromatic heterocycles. The molecule has 3 heterocycles. The summed E-state index contributed by atoms with van der Waals surface area (Å²) in [5.74, 6) is -2.11. The zero-order chi connectivity index (χ0) is 28.9. The molecule has 4 aromatic rings. The summed E-state index contributed by atoms with van der Waals surface area (Å²) in [6, 6.07) is 3.44. The van der Waals surface area contributed by atoms with Crippen molar-refractivity contribution in [2.75, 3.05) is 6.61 Å². The van der Waals surface area contributed by atoms with Gasteiger partial charge in [-0.1, -0.05) is 16.8 Å². The van der Waals surface area contributed by atoms with Crippen LogP contribution in [0.3, 0.4) is 0 Å². The molecule has 5 atom stereocenters. The number of benzene rings is 2. The molecule has 5 rings (SSSR count). The topological polar surface area (TPSA) is 131 Å². The van der Waals surface area contributed by atoms with E-state index in [-0.39, 0.29) is 26.6 Å². The van der Waals surface area contributed by atoms with Crippen LogP contribution in [0.1, 0.15) is 23.5 Å². The monoisotopic (exact) mass is 650 g/mol. The lowest BCUT2D eigenvalue weighted by Gasteiger charge is -2.41. The number of halogens is 7. The number of rotatable bonds is 5. The van der Waals surface area contributed by atoms with Crippen LogP contribution in [0.5, 0.6) is 0 Å². The number of hydrogen-bond donors (Lipinski definition) is 3. The van der Waals surface area contributed by atoms with Gasteiger partial charge in [-0.2, -0.15) is 13.2 Å². The summed E-state index contributed by atoms with van der Waals surface area (Å²) in [6.07, 6.45) is -8.87. The Balaban J connectivity index is 1.55. The molecule has 0 unspecified atom stereocenters. The van der Waals surface area contributed by atoms with Crippen LogP contribution in [0.25, 0.3) is 16.9 Å². The van der Waals surface area contributed by atoms with Crippen molar-refractivity contribution in [3.63, 3.8) is 0 Å². The van der Waals surface area contributed by atoms with Crippen LogP contribution in [0, 0.1) is 11.6 Å². The highest BCUT2D eigenvalue weighted by molar-refractivity contribution is 9.10. The van der Waals surface area contributed by atoms with Crippen molar-refractivity contribution in [1.82, 2.24) is 29.8 Å². The summed E-state index contributed by atoms with van der Waals surface area (Å²) in [7, 11) is 0. The predicted molar refractivity (Wildman–Crippen MR) is 130 cm³/mol. The second-order valence-corrected chi connectivity index (χ2v) is 10.0. The lowest BCUT2D eigenvalue weighted by atomic mass is 9.92. The summed E-state index contributed by atoms with van der Waals surface area (Å²) in [5.41, 5.74) is -1.56. The van der Waals surface area contributed by atoms with Crippen LogP contribution < -0.4 is 0 Å². The first-order valence-electron chi connectivity index (χ1n) is 11.4. The maximum Gasteiger partial charge on any atom is 0.418 e. The average molecular weight is 652 g/mol. The molecule has 0 bridgehead atoms. The number of aliphatic hydroxyl groups excluding tert-OH is 3. The highest BCUT2D eigenvalue weighted by Gasteiger charge is 2.48. The van der Waals surface area contributed by atoms with Crippen LogP contribution in [0.4, 0.5) is 22.0 Å². The van der Waals surface area contributed by atoms with Crippen molar-refractivity contribution in [3.05, 3.63) is 75.4 Å². The molecule has 1 aliphatic heterocycles. The first-order chi connectivity index (χ1) is 18.9. The molecule has 0 saturated carbocycles. The van der Waals surface area contributed by atoms with E-state index in [9.17, 15) is 37.3 Å². The quantitative estimate of drug-likeness (QED) is 0.220. The van der Waals surface area contributed by atoms with E-state index < -0.39 is 66.1 Å². The van der Waals surface area contributed by atoms with E-state index in [2.05, 4.69) is 36.4 Å². The molecule has 10 nitrogen and oxygen atoms in total. The lowest BCUT2D eigenvalue weighted by Crippen LogP contribution is -2.53. The van der Waals surface area contributed by atoms with E-state index in [1.165, 1.54) is 6.20 Å². The minimum absolute atomic E-state index is 0.00359. The highest BCUT2D eigenvalue weighted by Crippen LogP contribution is 2.41. The zero-order valence-electron chi connectivity index (χ0n) is 19.7. The molecule has 3 N–H and O–H groups in total. The van der Waals surface area contributed by atoms with E-state index in [0.717, 1.165) is 45.9 Å². The Labute approximate surface area is 234 Å². The fraction of sp³-hybridized carbons (Fsp3) is 0.304. The van der Waals surface area contributed by atoms with E-state index in [1.807, 2.05) is 0 Å². The summed E-state index contributed by atoms with van der Waals surface area (Å²) in [6.45, 7) is -0.759. The largest absolute Gasteiger partial charge is 0.418 e. The molecule has 1 saturated heterocycles. The molecule has 1 fully saturated rings. The molecule has 1 aliphatic rings. The van der Waals surface area contributed by atoms with Gasteiger partial charge in [0.1, 0.15) is 54.1 Å². The molecule has 212 valence electrons. The Kier molecular flexibility index (Phi) is 7.66. The minimum Gasteiger partial charge on any atom is -0.394 e. The standard InChI is InChI=1S/C23H17BrClF5N6O4/c24-17-12(26)3-9(4-13(17)27)14-6-36(34-32-14)18-19(38)16(7-37)40-21(20(18)39)22-33-31-8-35(22)15-5-10(25)1-2-11(15)23(28,29)30/h1-6,8,16,18-21,37-39H,7H2/t16-,18+,19+,20-,21-/m1/s1. The van der Waals surface area contributed by atoms with Crippen LogP contribution in [0.15, 0.2) is 47.3 Å². The molecule has 0 aliphatic carbocycles. The number of ether oxygens (including phenoxy) is 1. The maximum atomic E-state index is 14.1. The van der Waals surface area contributed by atoms with Gasteiger partial charge in [0.2, 0.25) is 0 Å². The zero-order valence-corrected chi connectivity index (χ0v) is 22.1. The molecule has 2 aromatic carbocycles. The summed E-state index contributed by atoms with van der Waals surface area (Å²) in [5, 5.41) is 47.2. The predicted octanol–water partition coefficient (Wildman–Crippen LogP) is 3.63. The Hall–Kier alpha value is -3.02. The number of alkyl halides is 3. The van der Waals surface area contributed by atoms with Crippen molar-refractivity contribution >= 4 is 27.5 Å². The summed E-state index contributed by atoms with van der Waals surface area (Å²) >= 11 is 8.74. The Bertz CT molecular complexity index is 1530. The number of hydrogen-bond acceptors (Lipinski definition) is 8. The first-order valence-corrected chi connectivity index (χ1v) is 12.5. The summed E-state index contributed by atoms with van der Waals surface area (Å²) < 4.78 is 76.6. The fourth-order valence-electron chi connectivity index (χ4n) is 4.45. The molecular formula is C23H17BrClF5N6O4. The molecule has 0 spiro atoms. The Morgan fingerprint density at radius 2 is 1.75 bits per heavy atom. The second kappa shape index (κ2) is 10.8. The number of nitrogens with zero attached hydrogens (tertiary/aromatic N) is 6. The van der Waals surface area contributed by atoms with Gasteiger partial charge in [0, 0.05) is 10.6 Å². The van der Waals surface area contributed by atoms with E-state index in [4.69, 9.17) is 16.3 Å². The van der Waals surface area contributed by atoms with Gasteiger partial charge < -0.3 is 20.1 Å². The smallest absolute Gasteiger partial charge is 0.394 e. The van der Waals surface area contributed by atoms with Crippen molar-refractivity contribution < 1.29 is 42.0 Å². The molecule has 0 radical (unpaired) electrons. The Morgan fingerprint density at radius 3 is 2.40 bits per heavy atom. The van der Waals surface area contributed by atoms with Crippen LogP contribution in [-0.2, 0) is 10.9 Å². The van der Waals surface area contributed by atoms with Crippen LogP contribution in [0.2, 0.25) is 5.02 Å². The molecule has 40 heavy (non-hydrogen) atoms. The van der Waals surface area contributed by atoms with Gasteiger partial charge in [-0.15, -0.1) is 15.3 Å². The average Bonchev–Trinajstić information content (AvgIpc) is 3.57. The SMILES string of the molecule is OC[C@H]1O[C@@H](c2nncn2-c2cc(Cl)ccc2C(F)(F)F)[C@H](O)[C@@H](n2cc(-c3cc(F)c(Br)c(F)c3)nn2)[C@H]1O. The number of aliphatic hydroxyl groups is 3. The van der Waals surface area contributed by atoms with Gasteiger partial charge in [-0.25, -0.2) is 13.5 Å². The molecule has 0 amide bonds. The van der Waals surface area contributed by atoms with E-state index in [0.29, 0.717) is 0 Å². The van der Waals surface area contributed by atoms with Crippen molar-refractivity contribution in [2.45, 2.75) is 36.6 Å². The third-order valence-corrected chi connectivity index (χ3v) is 7.33. The molecule has 17 heteroatoms. The van der Waals surface area contributed by atoms with E-state index >= 15 is 0 Å². The number of aromatic nitrogens is 6. The highest BCUT2D eigenvalue weighted by atomic mass is 79.9. The van der Waals surface area contributed by atoms with E-state index in [1.54, 1.807) is 0 Å². The van der Waals surface area contributed by atoms with Gasteiger partial charge in [0.15, 0.2) is 5.82 Å². The van der Waals surface area contributed by atoms with Crippen molar-refractivity contribution in [1.29, 1.82) is 0 Å². The van der Waals surface area contributed by atoms with Gasteiger partial charge >= 0.3 is 6.18 Å². The van der Waals surface area contributed by atoms with Crippen molar-refractivity contribution in [2.24, 2.45) is 0 Å². The Morgan fingerprint density at radius 1 is 1.05 bits per heavy atom.